The second-order valence-electron chi connectivity index (χ2n) is 8.45. The third-order valence-electron chi connectivity index (χ3n) is 6.19. The number of nitrogens with two attached hydrogens (primary N) is 1. The normalized spacial score (nSPS) is 13.1. The lowest BCUT2D eigenvalue weighted by Gasteiger charge is -2.24. The summed E-state index contributed by atoms with van der Waals surface area (Å²) in [5.74, 6) is 1.03. The zero-order chi connectivity index (χ0) is 23.2. The highest BCUT2D eigenvalue weighted by Crippen LogP contribution is 2.47. The standard InChI is InChI=1S/C28H29NO4/c1-19(30)20-13-15-21(16-14-20)33-22(8-6-7-17-32-28(29)31)18-27-25-11-4-2-9-23(25)24-10-3-5-12-26(24)27/h2-5,9-16,22,27H,6-8,17-18H2,1H3,(H2,29,31). The number of unbranched alkanes of at least 4 members (excludes halogenated alkanes) is 1. The summed E-state index contributed by atoms with van der Waals surface area (Å²) in [7, 11) is 0. The van der Waals surface area contributed by atoms with Gasteiger partial charge in [0.05, 0.1) is 12.7 Å². The summed E-state index contributed by atoms with van der Waals surface area (Å²) in [6.45, 7) is 1.87. The number of fused-ring (bicyclic) bond motifs is 3. The van der Waals surface area contributed by atoms with Crippen molar-refractivity contribution in [2.75, 3.05) is 6.61 Å². The van der Waals surface area contributed by atoms with Gasteiger partial charge >= 0.3 is 6.09 Å². The van der Waals surface area contributed by atoms with Gasteiger partial charge in [-0.25, -0.2) is 4.79 Å². The van der Waals surface area contributed by atoms with Crippen LogP contribution in [0, 0.1) is 0 Å². The molecule has 1 amide bonds. The van der Waals surface area contributed by atoms with Gasteiger partial charge in [0.15, 0.2) is 5.78 Å². The molecule has 1 aliphatic rings. The average Bonchev–Trinajstić information content (AvgIpc) is 3.13. The van der Waals surface area contributed by atoms with Crippen molar-refractivity contribution in [2.24, 2.45) is 5.73 Å². The largest absolute Gasteiger partial charge is 0.490 e. The number of carbonyl (C=O) groups excluding carboxylic acids is 2. The molecule has 0 saturated heterocycles. The number of Topliss-reactive ketones (excluding diaryl/α,β-unsaturated/α-hetero) is 1. The minimum absolute atomic E-state index is 0.0340. The van der Waals surface area contributed by atoms with E-state index in [-0.39, 0.29) is 17.8 Å². The maximum absolute atomic E-state index is 11.6. The number of hydrogen-bond acceptors (Lipinski definition) is 4. The van der Waals surface area contributed by atoms with E-state index in [0.29, 0.717) is 12.2 Å². The third-order valence-corrected chi connectivity index (χ3v) is 6.19. The van der Waals surface area contributed by atoms with E-state index < -0.39 is 6.09 Å². The predicted octanol–water partition coefficient (Wildman–Crippen LogP) is 6.10. The molecule has 0 aromatic heterocycles. The molecular weight excluding hydrogens is 414 g/mol. The number of rotatable bonds is 10. The van der Waals surface area contributed by atoms with E-state index >= 15 is 0 Å². The Bertz CT molecular complexity index is 1080. The van der Waals surface area contributed by atoms with E-state index in [1.165, 1.54) is 22.3 Å². The van der Waals surface area contributed by atoms with Gasteiger partial charge in [-0.2, -0.15) is 0 Å². The van der Waals surface area contributed by atoms with Crippen molar-refractivity contribution >= 4 is 11.9 Å². The molecular formula is C28H29NO4. The van der Waals surface area contributed by atoms with Crippen LogP contribution in [0.5, 0.6) is 5.75 Å². The van der Waals surface area contributed by atoms with Crippen LogP contribution in [0.25, 0.3) is 11.1 Å². The quantitative estimate of drug-likeness (QED) is 0.303. The van der Waals surface area contributed by atoms with Gasteiger partial charge in [0.1, 0.15) is 5.75 Å². The summed E-state index contributed by atoms with van der Waals surface area (Å²) in [4.78, 5) is 22.4. The van der Waals surface area contributed by atoms with Gasteiger partial charge in [0.25, 0.3) is 0 Å². The lowest BCUT2D eigenvalue weighted by Crippen LogP contribution is -2.21. The fourth-order valence-electron chi connectivity index (χ4n) is 4.61. The van der Waals surface area contributed by atoms with Crippen LogP contribution in [0.15, 0.2) is 72.8 Å². The molecule has 5 heteroatoms. The zero-order valence-electron chi connectivity index (χ0n) is 18.8. The molecule has 3 aromatic carbocycles. The summed E-state index contributed by atoms with van der Waals surface area (Å²) >= 11 is 0. The monoisotopic (exact) mass is 443 g/mol. The first-order chi connectivity index (χ1) is 16.0. The van der Waals surface area contributed by atoms with Gasteiger partial charge in [0, 0.05) is 11.5 Å². The van der Waals surface area contributed by atoms with Crippen LogP contribution in [0.4, 0.5) is 4.79 Å². The van der Waals surface area contributed by atoms with E-state index in [2.05, 4.69) is 48.5 Å². The number of carbonyl (C=O) groups is 2. The van der Waals surface area contributed by atoms with Crippen molar-refractivity contribution in [2.45, 2.75) is 44.6 Å². The molecule has 4 rings (SSSR count). The summed E-state index contributed by atoms with van der Waals surface area (Å²) in [6, 6.07) is 24.5. The van der Waals surface area contributed by atoms with Gasteiger partial charge in [-0.15, -0.1) is 0 Å². The molecule has 0 radical (unpaired) electrons. The number of ketones is 1. The highest BCUT2D eigenvalue weighted by atomic mass is 16.5. The van der Waals surface area contributed by atoms with E-state index in [1.54, 1.807) is 19.1 Å². The average molecular weight is 444 g/mol. The first kappa shape index (κ1) is 22.6. The molecule has 0 bridgehead atoms. The maximum atomic E-state index is 11.6. The molecule has 3 aromatic rings. The smallest absolute Gasteiger partial charge is 0.404 e. The Morgan fingerprint density at radius 3 is 2.06 bits per heavy atom. The number of amides is 1. The first-order valence-electron chi connectivity index (χ1n) is 11.4. The maximum Gasteiger partial charge on any atom is 0.404 e. The number of hydrogen-bond donors (Lipinski definition) is 1. The Morgan fingerprint density at radius 2 is 1.48 bits per heavy atom. The Morgan fingerprint density at radius 1 is 0.879 bits per heavy atom. The molecule has 1 unspecified atom stereocenters. The molecule has 5 nitrogen and oxygen atoms in total. The van der Waals surface area contributed by atoms with E-state index in [9.17, 15) is 9.59 Å². The molecule has 2 N–H and O–H groups in total. The van der Waals surface area contributed by atoms with Crippen LogP contribution in [0.3, 0.4) is 0 Å². The number of primary amides is 1. The van der Waals surface area contributed by atoms with E-state index in [0.717, 1.165) is 31.4 Å². The number of benzene rings is 3. The van der Waals surface area contributed by atoms with E-state index in [1.807, 2.05) is 12.1 Å². The van der Waals surface area contributed by atoms with E-state index in [4.69, 9.17) is 15.2 Å². The topological polar surface area (TPSA) is 78.6 Å². The summed E-state index contributed by atoms with van der Waals surface area (Å²) in [6.07, 6.45) is 2.44. The SMILES string of the molecule is CC(=O)c1ccc(OC(CCCCOC(N)=O)CC2c3ccccc3-c3ccccc32)cc1. The Hall–Kier alpha value is -3.60. The van der Waals surface area contributed by atoms with Crippen molar-refractivity contribution in [3.8, 4) is 16.9 Å². The van der Waals surface area contributed by atoms with Crippen LogP contribution >= 0.6 is 0 Å². The second kappa shape index (κ2) is 10.3. The first-order valence-corrected chi connectivity index (χ1v) is 11.4. The molecule has 0 fully saturated rings. The van der Waals surface area contributed by atoms with Crippen LogP contribution < -0.4 is 10.5 Å². The second-order valence-corrected chi connectivity index (χ2v) is 8.45. The third kappa shape index (κ3) is 5.43. The van der Waals surface area contributed by atoms with Gasteiger partial charge in [-0.3, -0.25) is 4.79 Å². The van der Waals surface area contributed by atoms with Crippen LogP contribution in [0.2, 0.25) is 0 Å². The molecule has 0 aliphatic heterocycles. The lowest BCUT2D eigenvalue weighted by molar-refractivity contribution is 0.101. The Labute approximate surface area is 194 Å². The van der Waals surface area contributed by atoms with Crippen molar-refractivity contribution in [3.05, 3.63) is 89.5 Å². The molecule has 1 atom stereocenters. The Balaban J connectivity index is 1.52. The van der Waals surface area contributed by atoms with Crippen LogP contribution in [0.1, 0.15) is 60.0 Å². The summed E-state index contributed by atoms with van der Waals surface area (Å²) in [5, 5.41) is 0. The molecule has 0 spiro atoms. The van der Waals surface area contributed by atoms with Crippen molar-refractivity contribution in [1.82, 2.24) is 0 Å². The number of ether oxygens (including phenoxy) is 2. The molecule has 0 saturated carbocycles. The minimum Gasteiger partial charge on any atom is -0.490 e. The predicted molar refractivity (Wildman–Crippen MR) is 129 cm³/mol. The van der Waals surface area contributed by atoms with Gasteiger partial charge in [-0.1, -0.05) is 48.5 Å². The van der Waals surface area contributed by atoms with Crippen LogP contribution in [-0.2, 0) is 4.74 Å². The minimum atomic E-state index is -0.743. The Kier molecular flexibility index (Phi) is 7.08. The molecule has 1 aliphatic carbocycles. The molecule has 170 valence electrons. The summed E-state index contributed by atoms with van der Waals surface area (Å²) < 4.78 is 11.3. The van der Waals surface area contributed by atoms with Gasteiger partial charge in [0.2, 0.25) is 0 Å². The summed E-state index contributed by atoms with van der Waals surface area (Å²) in [5.41, 5.74) is 11.0. The van der Waals surface area contributed by atoms with Crippen LogP contribution in [-0.4, -0.2) is 24.6 Å². The zero-order valence-corrected chi connectivity index (χ0v) is 18.8. The molecule has 33 heavy (non-hydrogen) atoms. The van der Waals surface area contributed by atoms with Crippen molar-refractivity contribution in [1.29, 1.82) is 0 Å². The van der Waals surface area contributed by atoms with Gasteiger partial charge in [-0.05, 0) is 79.1 Å². The van der Waals surface area contributed by atoms with Crippen molar-refractivity contribution in [3.63, 3.8) is 0 Å². The fourth-order valence-corrected chi connectivity index (χ4v) is 4.61. The highest BCUT2D eigenvalue weighted by Gasteiger charge is 2.30. The fraction of sp³-hybridized carbons (Fsp3) is 0.286. The highest BCUT2D eigenvalue weighted by molar-refractivity contribution is 5.94. The molecule has 0 heterocycles. The van der Waals surface area contributed by atoms with Crippen molar-refractivity contribution < 1.29 is 19.1 Å². The lowest BCUT2D eigenvalue weighted by atomic mass is 9.89. The van der Waals surface area contributed by atoms with Gasteiger partial charge < -0.3 is 15.2 Å².